The third-order valence-corrected chi connectivity index (χ3v) is 6.50. The molecule has 7 heteroatoms. The molecule has 0 aliphatic rings. The summed E-state index contributed by atoms with van der Waals surface area (Å²) in [6, 6.07) is 14.5. The first-order valence-corrected chi connectivity index (χ1v) is 10.5. The number of rotatable bonds is 5. The minimum atomic E-state index is -3.34. The molecule has 0 unspecified atom stereocenters. The van der Waals surface area contributed by atoms with Crippen molar-refractivity contribution in [3.8, 4) is 10.6 Å². The van der Waals surface area contributed by atoms with Crippen molar-refractivity contribution < 1.29 is 8.42 Å². The Hall–Kier alpha value is -1.40. The number of hydrogen-bond donors (Lipinski definition) is 0. The summed E-state index contributed by atoms with van der Waals surface area (Å²) in [6.07, 6.45) is 0. The van der Waals surface area contributed by atoms with Crippen LogP contribution in [-0.4, -0.2) is 13.4 Å². The fourth-order valence-corrected chi connectivity index (χ4v) is 4.89. The molecule has 0 spiro atoms. The van der Waals surface area contributed by atoms with Crippen LogP contribution in [0.15, 0.2) is 53.9 Å². The first kappa shape index (κ1) is 17.4. The van der Waals surface area contributed by atoms with Crippen LogP contribution in [0.25, 0.3) is 10.6 Å². The van der Waals surface area contributed by atoms with Crippen LogP contribution in [0.4, 0.5) is 0 Å². The predicted molar refractivity (Wildman–Crippen MR) is 100 cm³/mol. The van der Waals surface area contributed by atoms with Gasteiger partial charge in [-0.2, -0.15) is 0 Å². The maximum Gasteiger partial charge on any atom is 0.160 e. The molecule has 0 aliphatic heterocycles. The van der Waals surface area contributed by atoms with Gasteiger partial charge in [-0.3, -0.25) is 0 Å². The highest BCUT2D eigenvalue weighted by Crippen LogP contribution is 2.26. The molecule has 0 saturated heterocycles. The predicted octanol–water partition coefficient (Wildman–Crippen LogP) is 5.23. The molecule has 24 heavy (non-hydrogen) atoms. The molecule has 0 amide bonds. The van der Waals surface area contributed by atoms with E-state index in [1.807, 2.05) is 30.3 Å². The van der Waals surface area contributed by atoms with E-state index in [1.54, 1.807) is 23.6 Å². The highest BCUT2D eigenvalue weighted by molar-refractivity contribution is 7.89. The Morgan fingerprint density at radius 3 is 2.42 bits per heavy atom. The smallest absolute Gasteiger partial charge is 0.160 e. The average molecular weight is 398 g/mol. The van der Waals surface area contributed by atoms with Crippen molar-refractivity contribution in [3.63, 3.8) is 0 Å². The zero-order valence-electron chi connectivity index (χ0n) is 12.4. The molecule has 124 valence electrons. The number of nitrogens with zero attached hydrogens (tertiary/aromatic N) is 1. The third-order valence-electron chi connectivity index (χ3n) is 3.31. The van der Waals surface area contributed by atoms with E-state index in [9.17, 15) is 8.42 Å². The number of sulfone groups is 1. The lowest BCUT2D eigenvalue weighted by Crippen LogP contribution is -2.08. The van der Waals surface area contributed by atoms with E-state index in [0.717, 1.165) is 10.6 Å². The number of thiazole rings is 1. The van der Waals surface area contributed by atoms with Gasteiger partial charge in [-0.1, -0.05) is 59.6 Å². The number of benzene rings is 2. The molecular weight excluding hydrogens is 385 g/mol. The van der Waals surface area contributed by atoms with E-state index < -0.39 is 9.84 Å². The maximum atomic E-state index is 12.4. The van der Waals surface area contributed by atoms with E-state index in [4.69, 9.17) is 23.2 Å². The van der Waals surface area contributed by atoms with Gasteiger partial charge in [0.2, 0.25) is 0 Å². The second kappa shape index (κ2) is 7.23. The molecular formula is C17H13Cl2NO2S2. The molecule has 0 bridgehead atoms. The van der Waals surface area contributed by atoms with Crippen LogP contribution in [0.5, 0.6) is 0 Å². The zero-order chi connectivity index (χ0) is 17.2. The Balaban J connectivity index is 1.75. The summed E-state index contributed by atoms with van der Waals surface area (Å²) in [5, 5.41) is 3.36. The van der Waals surface area contributed by atoms with Crippen LogP contribution >= 0.6 is 34.5 Å². The summed E-state index contributed by atoms with van der Waals surface area (Å²) in [6.45, 7) is 0. The number of halogens is 2. The topological polar surface area (TPSA) is 47.0 Å². The molecule has 1 heterocycles. The fourth-order valence-electron chi connectivity index (χ4n) is 2.25. The van der Waals surface area contributed by atoms with Gasteiger partial charge in [0.15, 0.2) is 9.84 Å². The lowest BCUT2D eigenvalue weighted by atomic mass is 10.2. The van der Waals surface area contributed by atoms with Crippen LogP contribution in [-0.2, 0) is 21.3 Å². The molecule has 0 radical (unpaired) electrons. The van der Waals surface area contributed by atoms with Crippen LogP contribution in [0.3, 0.4) is 0 Å². The van der Waals surface area contributed by atoms with Gasteiger partial charge < -0.3 is 0 Å². The number of hydrogen-bond acceptors (Lipinski definition) is 4. The summed E-state index contributed by atoms with van der Waals surface area (Å²) in [4.78, 5) is 4.43. The van der Waals surface area contributed by atoms with Crippen LogP contribution in [0.2, 0.25) is 10.0 Å². The van der Waals surface area contributed by atoms with Crippen molar-refractivity contribution in [1.82, 2.24) is 4.98 Å². The van der Waals surface area contributed by atoms with Gasteiger partial charge in [0.05, 0.1) is 27.2 Å². The van der Waals surface area contributed by atoms with Crippen molar-refractivity contribution >= 4 is 44.4 Å². The Labute approximate surface area is 154 Å². The van der Waals surface area contributed by atoms with E-state index in [1.165, 1.54) is 11.3 Å². The second-order valence-corrected chi connectivity index (χ2v) is 9.03. The monoisotopic (exact) mass is 397 g/mol. The van der Waals surface area contributed by atoms with Crippen molar-refractivity contribution in [3.05, 3.63) is 75.2 Å². The first-order chi connectivity index (χ1) is 11.4. The van der Waals surface area contributed by atoms with Gasteiger partial charge in [0.1, 0.15) is 5.01 Å². The Morgan fingerprint density at radius 2 is 1.71 bits per heavy atom. The van der Waals surface area contributed by atoms with E-state index in [-0.39, 0.29) is 11.5 Å². The third kappa shape index (κ3) is 4.36. The molecule has 0 fully saturated rings. The zero-order valence-corrected chi connectivity index (χ0v) is 15.6. The molecule has 2 aromatic carbocycles. The van der Waals surface area contributed by atoms with Crippen molar-refractivity contribution in [2.75, 3.05) is 0 Å². The van der Waals surface area contributed by atoms with Gasteiger partial charge in [-0.15, -0.1) is 11.3 Å². The molecule has 3 nitrogen and oxygen atoms in total. The normalized spacial score (nSPS) is 11.6. The van der Waals surface area contributed by atoms with Crippen molar-refractivity contribution in [1.29, 1.82) is 0 Å². The van der Waals surface area contributed by atoms with Gasteiger partial charge >= 0.3 is 0 Å². The summed E-state index contributed by atoms with van der Waals surface area (Å²) in [7, 11) is -3.34. The van der Waals surface area contributed by atoms with Crippen LogP contribution < -0.4 is 0 Å². The van der Waals surface area contributed by atoms with Gasteiger partial charge in [-0.25, -0.2) is 13.4 Å². The summed E-state index contributed by atoms with van der Waals surface area (Å²) >= 11 is 13.2. The Bertz CT molecular complexity index is 954. The molecule has 0 saturated carbocycles. The number of aromatic nitrogens is 1. The molecule has 0 atom stereocenters. The van der Waals surface area contributed by atoms with Crippen LogP contribution in [0.1, 0.15) is 11.3 Å². The first-order valence-electron chi connectivity index (χ1n) is 7.07. The van der Waals surface area contributed by atoms with Crippen molar-refractivity contribution in [2.45, 2.75) is 11.5 Å². The minimum Gasteiger partial charge on any atom is -0.240 e. The molecule has 0 N–H and O–H groups in total. The SMILES string of the molecule is O=S(=O)(Cc1ccc(Cl)c(Cl)c1)Cc1csc(-c2ccccc2)n1. The van der Waals surface area contributed by atoms with E-state index in [0.29, 0.717) is 21.3 Å². The fraction of sp³-hybridized carbons (Fsp3) is 0.118. The van der Waals surface area contributed by atoms with E-state index in [2.05, 4.69) is 4.98 Å². The maximum absolute atomic E-state index is 12.4. The standard InChI is InChI=1S/C17H13Cl2NO2S2/c18-15-7-6-12(8-16(15)19)10-24(21,22)11-14-9-23-17(20-14)13-4-2-1-3-5-13/h1-9H,10-11H2. The van der Waals surface area contributed by atoms with Gasteiger partial charge in [0, 0.05) is 10.9 Å². The minimum absolute atomic E-state index is 0.0952. The molecule has 3 aromatic rings. The lowest BCUT2D eigenvalue weighted by Gasteiger charge is -2.04. The molecule has 1 aromatic heterocycles. The lowest BCUT2D eigenvalue weighted by molar-refractivity contribution is 0.594. The molecule has 3 rings (SSSR count). The summed E-state index contributed by atoms with van der Waals surface area (Å²) in [5.41, 5.74) is 2.15. The van der Waals surface area contributed by atoms with Gasteiger partial charge in [0.25, 0.3) is 0 Å². The van der Waals surface area contributed by atoms with Crippen LogP contribution in [0, 0.1) is 0 Å². The molecule has 0 aliphatic carbocycles. The summed E-state index contributed by atoms with van der Waals surface area (Å²) in [5.74, 6) is -0.196. The highest BCUT2D eigenvalue weighted by atomic mass is 35.5. The highest BCUT2D eigenvalue weighted by Gasteiger charge is 2.16. The second-order valence-electron chi connectivity index (χ2n) is 5.29. The quantitative estimate of drug-likeness (QED) is 0.591. The van der Waals surface area contributed by atoms with Gasteiger partial charge in [-0.05, 0) is 17.7 Å². The summed E-state index contributed by atoms with van der Waals surface area (Å²) < 4.78 is 24.8. The average Bonchev–Trinajstić information content (AvgIpc) is 2.99. The van der Waals surface area contributed by atoms with Crippen molar-refractivity contribution in [2.24, 2.45) is 0 Å². The largest absolute Gasteiger partial charge is 0.240 e. The Kier molecular flexibility index (Phi) is 5.25. The Morgan fingerprint density at radius 1 is 0.958 bits per heavy atom. The van der Waals surface area contributed by atoms with E-state index >= 15 is 0 Å².